The number of nitrogens with zero attached hydrogens (tertiary/aromatic N) is 5. The van der Waals surface area contributed by atoms with Crippen LogP contribution in [0, 0.1) is 12.8 Å². The number of aromatic nitrogens is 4. The minimum atomic E-state index is 0.00116. The summed E-state index contributed by atoms with van der Waals surface area (Å²) in [4.78, 5) is 20.6. The van der Waals surface area contributed by atoms with Crippen LogP contribution in [-0.2, 0) is 4.79 Å². The van der Waals surface area contributed by atoms with Gasteiger partial charge in [-0.05, 0) is 44.0 Å². The number of hydrogen-bond donors (Lipinski definition) is 1. The maximum absolute atomic E-state index is 12.8. The summed E-state index contributed by atoms with van der Waals surface area (Å²) in [6.45, 7) is 3.54. The van der Waals surface area contributed by atoms with Gasteiger partial charge in [0.25, 0.3) is 0 Å². The predicted molar refractivity (Wildman–Crippen MR) is 119 cm³/mol. The minimum Gasteiger partial charge on any atom is -0.355 e. The van der Waals surface area contributed by atoms with E-state index in [0.717, 1.165) is 59.3 Å². The Bertz CT molecular complexity index is 1150. The van der Waals surface area contributed by atoms with Gasteiger partial charge in [0, 0.05) is 48.0 Å². The van der Waals surface area contributed by atoms with Crippen molar-refractivity contribution in [2.75, 3.05) is 23.3 Å². The molecule has 30 heavy (non-hydrogen) atoms. The van der Waals surface area contributed by atoms with Crippen LogP contribution in [0.2, 0.25) is 0 Å². The van der Waals surface area contributed by atoms with Crippen molar-refractivity contribution in [1.29, 1.82) is 0 Å². The van der Waals surface area contributed by atoms with E-state index >= 15 is 0 Å². The Morgan fingerprint density at radius 2 is 2.03 bits per heavy atom. The summed E-state index contributed by atoms with van der Waals surface area (Å²) in [7, 11) is 0. The average molecular weight is 419 g/mol. The van der Waals surface area contributed by atoms with Crippen molar-refractivity contribution >= 4 is 33.7 Å². The van der Waals surface area contributed by atoms with Gasteiger partial charge in [0.15, 0.2) is 10.8 Å². The summed E-state index contributed by atoms with van der Waals surface area (Å²) in [5, 5.41) is 13.5. The van der Waals surface area contributed by atoms with Crippen molar-refractivity contribution in [3.05, 3.63) is 59.9 Å². The van der Waals surface area contributed by atoms with E-state index in [1.165, 1.54) is 0 Å². The highest BCUT2D eigenvalue weighted by atomic mass is 32.1. The first-order chi connectivity index (χ1) is 14.7. The van der Waals surface area contributed by atoms with Gasteiger partial charge < -0.3 is 10.2 Å². The fraction of sp³-hybridized carbons (Fsp3) is 0.273. The first kappa shape index (κ1) is 18.7. The lowest BCUT2D eigenvalue weighted by molar-refractivity contribution is -0.120. The summed E-state index contributed by atoms with van der Waals surface area (Å²) in [5.74, 6) is 0.959. The molecule has 4 aromatic rings. The van der Waals surface area contributed by atoms with Crippen LogP contribution < -0.4 is 10.2 Å². The second-order valence-corrected chi connectivity index (χ2v) is 8.46. The second-order valence-electron chi connectivity index (χ2n) is 7.58. The standard InChI is InChI=1S/C22H22N6OS/c1-15-5-6-20(26-25-15)27-9-7-16(8-10-27)21(29)23-18-4-2-3-17(13-18)19-14-28-11-12-30-22(28)24-19/h2-6,11-14,16H,7-10H2,1H3,(H,23,29). The molecule has 0 aliphatic carbocycles. The van der Waals surface area contributed by atoms with Crippen LogP contribution in [0.5, 0.6) is 0 Å². The average Bonchev–Trinajstić information content (AvgIpc) is 3.37. The highest BCUT2D eigenvalue weighted by Crippen LogP contribution is 2.26. The monoisotopic (exact) mass is 418 g/mol. The predicted octanol–water partition coefficient (Wildman–Crippen LogP) is 4.02. The number of carbonyl (C=O) groups is 1. The van der Waals surface area contributed by atoms with Crippen LogP contribution in [0.15, 0.2) is 54.2 Å². The van der Waals surface area contributed by atoms with Crippen LogP contribution in [0.4, 0.5) is 11.5 Å². The van der Waals surface area contributed by atoms with Crippen LogP contribution >= 0.6 is 11.3 Å². The minimum absolute atomic E-state index is 0.00116. The molecule has 8 heteroatoms. The van der Waals surface area contributed by atoms with Crippen molar-refractivity contribution < 1.29 is 4.79 Å². The van der Waals surface area contributed by atoms with Crippen molar-refractivity contribution in [2.24, 2.45) is 5.92 Å². The van der Waals surface area contributed by atoms with E-state index < -0.39 is 0 Å². The first-order valence-corrected chi connectivity index (χ1v) is 10.9. The third-order valence-electron chi connectivity index (χ3n) is 5.49. The maximum Gasteiger partial charge on any atom is 0.227 e. The Morgan fingerprint density at radius 3 is 2.80 bits per heavy atom. The fourth-order valence-electron chi connectivity index (χ4n) is 3.80. The highest BCUT2D eigenvalue weighted by molar-refractivity contribution is 7.15. The molecule has 1 aromatic carbocycles. The zero-order valence-electron chi connectivity index (χ0n) is 16.7. The third kappa shape index (κ3) is 3.78. The van der Waals surface area contributed by atoms with Gasteiger partial charge in [-0.25, -0.2) is 4.98 Å². The SMILES string of the molecule is Cc1ccc(N2CCC(C(=O)Nc3cccc(-c4cn5ccsc5n4)c3)CC2)nn1. The van der Waals surface area contributed by atoms with Gasteiger partial charge >= 0.3 is 0 Å². The number of hydrogen-bond acceptors (Lipinski definition) is 6. The number of anilines is 2. The zero-order chi connectivity index (χ0) is 20.5. The molecule has 0 saturated carbocycles. The Labute approximate surface area is 178 Å². The Hall–Kier alpha value is -3.26. The van der Waals surface area contributed by atoms with Gasteiger partial charge in [-0.1, -0.05) is 12.1 Å². The topological polar surface area (TPSA) is 75.4 Å². The number of fused-ring (bicyclic) bond motifs is 1. The summed E-state index contributed by atoms with van der Waals surface area (Å²) >= 11 is 1.61. The maximum atomic E-state index is 12.8. The summed E-state index contributed by atoms with van der Waals surface area (Å²) in [5.41, 5.74) is 3.62. The number of benzene rings is 1. The van der Waals surface area contributed by atoms with E-state index in [2.05, 4.69) is 25.4 Å². The smallest absolute Gasteiger partial charge is 0.227 e. The molecule has 1 aliphatic rings. The highest BCUT2D eigenvalue weighted by Gasteiger charge is 2.26. The fourth-order valence-corrected chi connectivity index (χ4v) is 4.50. The van der Waals surface area contributed by atoms with E-state index in [4.69, 9.17) is 0 Å². The summed E-state index contributed by atoms with van der Waals surface area (Å²) in [6, 6.07) is 11.9. The van der Waals surface area contributed by atoms with Gasteiger partial charge in [0.1, 0.15) is 0 Å². The Kier molecular flexibility index (Phi) is 4.92. The number of piperidine rings is 1. The molecule has 5 rings (SSSR count). The summed E-state index contributed by atoms with van der Waals surface area (Å²) in [6.07, 6.45) is 5.62. The zero-order valence-corrected chi connectivity index (χ0v) is 17.5. The molecule has 1 fully saturated rings. The van der Waals surface area contributed by atoms with Gasteiger partial charge in [-0.15, -0.1) is 16.4 Å². The molecule has 152 valence electrons. The molecule has 3 aromatic heterocycles. The van der Waals surface area contributed by atoms with E-state index in [-0.39, 0.29) is 11.8 Å². The van der Waals surface area contributed by atoms with Crippen LogP contribution in [0.1, 0.15) is 18.5 Å². The lowest BCUT2D eigenvalue weighted by atomic mass is 9.95. The molecule has 7 nitrogen and oxygen atoms in total. The molecular weight excluding hydrogens is 396 g/mol. The number of amides is 1. The Morgan fingerprint density at radius 1 is 1.17 bits per heavy atom. The quantitative estimate of drug-likeness (QED) is 0.542. The molecule has 1 aliphatic heterocycles. The van der Waals surface area contributed by atoms with Crippen LogP contribution in [-0.4, -0.2) is 38.6 Å². The lowest BCUT2D eigenvalue weighted by Crippen LogP contribution is -2.38. The largest absolute Gasteiger partial charge is 0.355 e. The van der Waals surface area contributed by atoms with Crippen molar-refractivity contribution in [3.63, 3.8) is 0 Å². The molecular formula is C22H22N6OS. The van der Waals surface area contributed by atoms with Crippen molar-refractivity contribution in [3.8, 4) is 11.3 Å². The third-order valence-corrected chi connectivity index (χ3v) is 6.26. The molecule has 0 spiro atoms. The van der Waals surface area contributed by atoms with E-state index in [0.29, 0.717) is 0 Å². The first-order valence-electron chi connectivity index (χ1n) is 10.0. The number of thiazole rings is 1. The van der Waals surface area contributed by atoms with E-state index in [9.17, 15) is 4.79 Å². The molecule has 1 saturated heterocycles. The number of rotatable bonds is 4. The molecule has 0 unspecified atom stereocenters. The second kappa shape index (κ2) is 7.87. The number of carbonyl (C=O) groups excluding carboxylic acids is 1. The lowest BCUT2D eigenvalue weighted by Gasteiger charge is -2.31. The van der Waals surface area contributed by atoms with Crippen LogP contribution in [0.3, 0.4) is 0 Å². The van der Waals surface area contributed by atoms with Crippen LogP contribution in [0.25, 0.3) is 16.2 Å². The number of imidazole rings is 1. The molecule has 0 radical (unpaired) electrons. The van der Waals surface area contributed by atoms with Gasteiger partial charge in [0.05, 0.1) is 11.4 Å². The van der Waals surface area contributed by atoms with Gasteiger partial charge in [-0.3, -0.25) is 9.20 Å². The molecule has 0 atom stereocenters. The van der Waals surface area contributed by atoms with Gasteiger partial charge in [0.2, 0.25) is 5.91 Å². The molecule has 4 heterocycles. The van der Waals surface area contributed by atoms with Gasteiger partial charge in [-0.2, -0.15) is 5.10 Å². The normalized spacial score (nSPS) is 14.9. The Balaban J connectivity index is 1.23. The van der Waals surface area contributed by atoms with E-state index in [1.807, 2.05) is 65.5 Å². The molecule has 0 bridgehead atoms. The molecule has 1 amide bonds. The number of nitrogens with one attached hydrogen (secondary N) is 1. The van der Waals surface area contributed by atoms with Crippen molar-refractivity contribution in [2.45, 2.75) is 19.8 Å². The summed E-state index contributed by atoms with van der Waals surface area (Å²) < 4.78 is 2.01. The molecule has 1 N–H and O–H groups in total. The van der Waals surface area contributed by atoms with Crippen molar-refractivity contribution in [1.82, 2.24) is 19.6 Å². The van der Waals surface area contributed by atoms with E-state index in [1.54, 1.807) is 11.3 Å². The number of aryl methyl sites for hydroxylation is 1.